The van der Waals surface area contributed by atoms with Gasteiger partial charge < -0.3 is 15.0 Å². The number of thiazole rings is 1. The van der Waals surface area contributed by atoms with Crippen LogP contribution in [0.25, 0.3) is 0 Å². The summed E-state index contributed by atoms with van der Waals surface area (Å²) < 4.78 is 4.68. The number of nitrogens with zero attached hydrogens (tertiary/aromatic N) is 2. The van der Waals surface area contributed by atoms with Crippen LogP contribution in [0, 0.1) is 5.92 Å². The van der Waals surface area contributed by atoms with Crippen molar-refractivity contribution in [2.24, 2.45) is 5.92 Å². The highest BCUT2D eigenvalue weighted by Crippen LogP contribution is 2.09. The van der Waals surface area contributed by atoms with Crippen molar-refractivity contribution in [3.63, 3.8) is 0 Å². The van der Waals surface area contributed by atoms with Gasteiger partial charge in [0.05, 0.1) is 19.2 Å². The van der Waals surface area contributed by atoms with Crippen LogP contribution in [0.15, 0.2) is 11.7 Å². The lowest BCUT2D eigenvalue weighted by Crippen LogP contribution is -2.49. The smallest absolute Gasteiger partial charge is 0.328 e. The molecule has 1 rings (SSSR count). The van der Waals surface area contributed by atoms with E-state index >= 15 is 0 Å². The standard InChI is InChI=1S/C12H19N3O3S.I2/c1-8(2)10(11(16)18-4)14-12(17)15(3)6-9-5-13-7-19-9;1-2/h5,7-8,10H,6H2,1-4H3,(H,14,17);/t10-;/m0./s1. The average Bonchev–Trinajstić information content (AvgIpc) is 2.98. The van der Waals surface area contributed by atoms with Crippen LogP contribution in [0.4, 0.5) is 4.79 Å². The molecule has 1 N–H and O–H groups in total. The molecule has 0 bridgehead atoms. The number of carbonyl (C=O) groups excluding carboxylic acids is 2. The van der Waals surface area contributed by atoms with Crippen molar-refractivity contribution in [1.29, 1.82) is 0 Å². The first kappa shape index (κ1) is 20.8. The topological polar surface area (TPSA) is 71.5 Å². The molecule has 2 amide bonds. The van der Waals surface area contributed by atoms with Crippen LogP contribution in [0.3, 0.4) is 0 Å². The first-order valence-electron chi connectivity index (χ1n) is 6.06. The van der Waals surface area contributed by atoms with Crippen LogP contribution >= 0.6 is 48.6 Å². The second kappa shape index (κ2) is 11.4. The number of rotatable bonds is 5. The molecular weight excluding hydrogens is 520 g/mol. The molecule has 1 heterocycles. The Hall–Kier alpha value is -0.170. The number of halogens is 2. The van der Waals surface area contributed by atoms with Crippen molar-refractivity contribution in [3.8, 4) is 0 Å². The van der Waals surface area contributed by atoms with E-state index in [0.717, 1.165) is 4.88 Å². The molecule has 120 valence electrons. The summed E-state index contributed by atoms with van der Waals surface area (Å²) in [5, 5.41) is 2.68. The maximum atomic E-state index is 12.0. The molecule has 1 atom stereocenters. The molecule has 0 saturated heterocycles. The lowest BCUT2D eigenvalue weighted by Gasteiger charge is -2.23. The van der Waals surface area contributed by atoms with Gasteiger partial charge in [0.15, 0.2) is 0 Å². The SMILES string of the molecule is COC(=O)[C@@H](NC(=O)N(C)Cc1cncs1)C(C)C.II. The molecule has 0 aromatic carbocycles. The van der Waals surface area contributed by atoms with E-state index in [-0.39, 0.29) is 11.9 Å². The van der Waals surface area contributed by atoms with E-state index in [0.29, 0.717) is 6.54 Å². The summed E-state index contributed by atoms with van der Waals surface area (Å²) in [6, 6.07) is -0.945. The Morgan fingerprint density at radius 1 is 1.48 bits per heavy atom. The maximum Gasteiger partial charge on any atom is 0.328 e. The number of amides is 2. The Bertz CT molecular complexity index is 429. The van der Waals surface area contributed by atoms with Crippen LogP contribution in [-0.4, -0.2) is 42.1 Å². The van der Waals surface area contributed by atoms with E-state index in [9.17, 15) is 9.59 Å². The second-order valence-electron chi connectivity index (χ2n) is 4.52. The molecule has 0 saturated carbocycles. The highest BCUT2D eigenvalue weighted by atomic mass is 128. The van der Waals surface area contributed by atoms with Gasteiger partial charge >= 0.3 is 12.0 Å². The third-order valence-electron chi connectivity index (χ3n) is 2.62. The fraction of sp³-hybridized carbons (Fsp3) is 0.583. The molecule has 0 radical (unpaired) electrons. The molecule has 0 spiro atoms. The van der Waals surface area contributed by atoms with Crippen molar-refractivity contribution in [3.05, 3.63) is 16.6 Å². The van der Waals surface area contributed by atoms with Gasteiger partial charge in [-0.15, -0.1) is 11.3 Å². The zero-order valence-corrected chi connectivity index (χ0v) is 17.4. The number of ether oxygens (including phenoxy) is 1. The first-order valence-corrected chi connectivity index (χ1v) is 13.2. The van der Waals surface area contributed by atoms with Crippen molar-refractivity contribution < 1.29 is 14.3 Å². The number of esters is 1. The van der Waals surface area contributed by atoms with Gasteiger partial charge in [-0.2, -0.15) is 0 Å². The minimum absolute atomic E-state index is 0.0341. The maximum absolute atomic E-state index is 12.0. The van der Waals surface area contributed by atoms with Gasteiger partial charge in [-0.1, -0.05) is 13.8 Å². The zero-order chi connectivity index (χ0) is 16.4. The van der Waals surface area contributed by atoms with E-state index < -0.39 is 12.0 Å². The fourth-order valence-electron chi connectivity index (χ4n) is 1.49. The van der Waals surface area contributed by atoms with E-state index in [1.165, 1.54) is 23.3 Å². The first-order chi connectivity index (χ1) is 9.95. The number of hydrogen-bond acceptors (Lipinski definition) is 5. The minimum Gasteiger partial charge on any atom is -0.467 e. The van der Waals surface area contributed by atoms with Crippen molar-refractivity contribution >= 4 is 60.6 Å². The van der Waals surface area contributed by atoms with Gasteiger partial charge in [0.25, 0.3) is 0 Å². The third kappa shape index (κ3) is 7.58. The predicted octanol–water partition coefficient (Wildman–Crippen LogP) is 3.25. The summed E-state index contributed by atoms with van der Waals surface area (Å²) >= 11 is 5.72. The Morgan fingerprint density at radius 3 is 2.52 bits per heavy atom. The van der Waals surface area contributed by atoms with Crippen molar-refractivity contribution in [2.45, 2.75) is 26.4 Å². The molecule has 0 fully saturated rings. The quantitative estimate of drug-likeness (QED) is 0.461. The molecular formula is C12H19I2N3O3S. The Labute approximate surface area is 152 Å². The Kier molecular flexibility index (Phi) is 11.3. The highest BCUT2D eigenvalue weighted by molar-refractivity contribution is 15.0. The van der Waals surface area contributed by atoms with Gasteiger partial charge in [0.2, 0.25) is 0 Å². The number of aromatic nitrogens is 1. The van der Waals surface area contributed by atoms with Crippen LogP contribution in [-0.2, 0) is 16.1 Å². The summed E-state index contributed by atoms with van der Waals surface area (Å²) in [5.41, 5.74) is 1.71. The monoisotopic (exact) mass is 539 g/mol. The summed E-state index contributed by atoms with van der Waals surface area (Å²) in [7, 11) is 2.98. The summed E-state index contributed by atoms with van der Waals surface area (Å²) in [6.07, 6.45) is 1.72. The number of hydrogen-bond donors (Lipinski definition) is 1. The van der Waals surface area contributed by atoms with Crippen molar-refractivity contribution in [2.75, 3.05) is 14.2 Å². The van der Waals surface area contributed by atoms with Crippen LogP contribution in [0.2, 0.25) is 0 Å². The van der Waals surface area contributed by atoms with Gasteiger partial charge in [-0.3, -0.25) is 4.98 Å². The largest absolute Gasteiger partial charge is 0.467 e. The summed E-state index contributed by atoms with van der Waals surface area (Å²) in [4.78, 5) is 30.0. The molecule has 1 aromatic heterocycles. The fourth-order valence-corrected chi connectivity index (χ4v) is 2.14. The molecule has 0 unspecified atom stereocenters. The molecule has 1 aromatic rings. The average molecular weight is 539 g/mol. The van der Waals surface area contributed by atoms with Crippen molar-refractivity contribution in [1.82, 2.24) is 15.2 Å². The zero-order valence-electron chi connectivity index (χ0n) is 12.3. The van der Waals surface area contributed by atoms with Crippen LogP contribution < -0.4 is 5.32 Å². The lowest BCUT2D eigenvalue weighted by atomic mass is 10.1. The number of carbonyl (C=O) groups is 2. The summed E-state index contributed by atoms with van der Waals surface area (Å²) in [6.45, 7) is 4.17. The Morgan fingerprint density at radius 2 is 2.10 bits per heavy atom. The minimum atomic E-state index is -0.638. The van der Waals surface area contributed by atoms with Crippen LogP contribution in [0.5, 0.6) is 0 Å². The Balaban J connectivity index is 0.00000191. The van der Waals surface area contributed by atoms with Crippen LogP contribution in [0.1, 0.15) is 18.7 Å². The van der Waals surface area contributed by atoms with E-state index in [1.807, 2.05) is 13.8 Å². The van der Waals surface area contributed by atoms with Gasteiger partial charge in [-0.25, -0.2) is 9.59 Å². The normalized spacial score (nSPS) is 11.2. The highest BCUT2D eigenvalue weighted by Gasteiger charge is 2.26. The summed E-state index contributed by atoms with van der Waals surface area (Å²) in [5.74, 6) is -0.470. The van der Waals surface area contributed by atoms with E-state index in [1.54, 1.807) is 18.8 Å². The molecule has 0 aliphatic heterocycles. The van der Waals surface area contributed by atoms with E-state index in [4.69, 9.17) is 0 Å². The second-order valence-corrected chi connectivity index (χ2v) is 5.49. The van der Waals surface area contributed by atoms with Gasteiger partial charge in [0, 0.05) is 55.4 Å². The lowest BCUT2D eigenvalue weighted by molar-refractivity contribution is -0.144. The third-order valence-corrected chi connectivity index (χ3v) is 3.39. The molecule has 0 aliphatic rings. The number of nitrogens with one attached hydrogen (secondary N) is 1. The number of urea groups is 1. The van der Waals surface area contributed by atoms with Gasteiger partial charge in [0.1, 0.15) is 6.04 Å². The molecule has 6 nitrogen and oxygen atoms in total. The van der Waals surface area contributed by atoms with E-state index in [2.05, 4.69) is 52.3 Å². The molecule has 0 aliphatic carbocycles. The number of methoxy groups -OCH3 is 1. The predicted molar refractivity (Wildman–Crippen MR) is 101 cm³/mol. The molecule has 9 heteroatoms. The van der Waals surface area contributed by atoms with Gasteiger partial charge in [-0.05, 0) is 5.92 Å². The molecule has 21 heavy (non-hydrogen) atoms.